The Labute approximate surface area is 96.1 Å². The molecule has 0 atom stereocenters. The SMILES string of the molecule is C=CC1(C2NC=CN2)Cc2ccccc2C1. The molecule has 1 aliphatic carbocycles. The standard InChI is InChI=1S/C14H16N2/c1-2-14(13-15-7-8-16-13)9-11-5-3-4-6-12(11)10-14/h2-8,13,15-16H,1,9-10H2. The van der Waals surface area contributed by atoms with Crippen molar-refractivity contribution in [2.45, 2.75) is 19.0 Å². The largest absolute Gasteiger partial charge is 0.369 e. The molecule has 0 saturated heterocycles. The van der Waals surface area contributed by atoms with E-state index in [9.17, 15) is 0 Å². The van der Waals surface area contributed by atoms with E-state index in [-0.39, 0.29) is 11.6 Å². The first-order chi connectivity index (χ1) is 7.84. The second kappa shape index (κ2) is 3.41. The van der Waals surface area contributed by atoms with Gasteiger partial charge in [0.1, 0.15) is 6.17 Å². The molecule has 0 aromatic heterocycles. The molecule has 0 spiro atoms. The van der Waals surface area contributed by atoms with Crippen molar-refractivity contribution in [3.63, 3.8) is 0 Å². The van der Waals surface area contributed by atoms with Gasteiger partial charge in [-0.25, -0.2) is 0 Å². The normalized spacial score (nSPS) is 21.2. The highest BCUT2D eigenvalue weighted by molar-refractivity contribution is 5.37. The van der Waals surface area contributed by atoms with Gasteiger partial charge >= 0.3 is 0 Å². The lowest BCUT2D eigenvalue weighted by Crippen LogP contribution is -2.47. The van der Waals surface area contributed by atoms with Gasteiger partial charge in [-0.3, -0.25) is 0 Å². The average molecular weight is 212 g/mol. The van der Waals surface area contributed by atoms with Gasteiger partial charge in [0.2, 0.25) is 0 Å². The Balaban J connectivity index is 1.93. The number of hydrogen-bond donors (Lipinski definition) is 2. The third-order valence-corrected chi connectivity index (χ3v) is 3.75. The summed E-state index contributed by atoms with van der Waals surface area (Å²) in [4.78, 5) is 0. The van der Waals surface area contributed by atoms with Gasteiger partial charge in [0.15, 0.2) is 0 Å². The van der Waals surface area contributed by atoms with Crippen LogP contribution < -0.4 is 10.6 Å². The molecule has 3 rings (SSSR count). The predicted molar refractivity (Wildman–Crippen MR) is 65.7 cm³/mol. The Hall–Kier alpha value is -1.70. The van der Waals surface area contributed by atoms with Crippen LogP contribution in [0.4, 0.5) is 0 Å². The maximum atomic E-state index is 4.03. The van der Waals surface area contributed by atoms with Crippen molar-refractivity contribution < 1.29 is 0 Å². The van der Waals surface area contributed by atoms with E-state index in [4.69, 9.17) is 0 Å². The van der Waals surface area contributed by atoms with Crippen molar-refractivity contribution in [2.24, 2.45) is 5.41 Å². The molecule has 2 N–H and O–H groups in total. The van der Waals surface area contributed by atoms with Crippen LogP contribution in [0, 0.1) is 5.41 Å². The number of hydrogen-bond acceptors (Lipinski definition) is 2. The van der Waals surface area contributed by atoms with Crippen molar-refractivity contribution in [1.29, 1.82) is 0 Å². The summed E-state index contributed by atoms with van der Waals surface area (Å²) >= 11 is 0. The Morgan fingerprint density at radius 1 is 1.12 bits per heavy atom. The third-order valence-electron chi connectivity index (χ3n) is 3.75. The molecule has 2 aliphatic rings. The predicted octanol–water partition coefficient (Wildman–Crippen LogP) is 1.95. The first-order valence-corrected chi connectivity index (χ1v) is 5.72. The van der Waals surface area contributed by atoms with E-state index in [2.05, 4.69) is 47.6 Å². The summed E-state index contributed by atoms with van der Waals surface area (Å²) in [7, 11) is 0. The molecule has 0 saturated carbocycles. The van der Waals surface area contributed by atoms with Gasteiger partial charge in [-0.15, -0.1) is 6.58 Å². The summed E-state index contributed by atoms with van der Waals surface area (Å²) in [6, 6.07) is 8.68. The van der Waals surface area contributed by atoms with Gasteiger partial charge in [-0.1, -0.05) is 30.3 Å². The maximum Gasteiger partial charge on any atom is 0.106 e. The van der Waals surface area contributed by atoms with Crippen LogP contribution in [0.3, 0.4) is 0 Å². The van der Waals surface area contributed by atoms with E-state index in [1.54, 1.807) is 0 Å². The van der Waals surface area contributed by atoms with Gasteiger partial charge < -0.3 is 10.6 Å². The highest BCUT2D eigenvalue weighted by Gasteiger charge is 2.41. The molecule has 16 heavy (non-hydrogen) atoms. The van der Waals surface area contributed by atoms with Crippen LogP contribution in [0.2, 0.25) is 0 Å². The van der Waals surface area contributed by atoms with Crippen LogP contribution >= 0.6 is 0 Å². The van der Waals surface area contributed by atoms with Gasteiger partial charge in [-0.2, -0.15) is 0 Å². The highest BCUT2D eigenvalue weighted by Crippen LogP contribution is 2.40. The second-order valence-electron chi connectivity index (χ2n) is 4.66. The molecule has 1 aromatic rings. The molecule has 0 unspecified atom stereocenters. The van der Waals surface area contributed by atoms with Crippen LogP contribution in [-0.4, -0.2) is 6.17 Å². The zero-order valence-electron chi connectivity index (χ0n) is 9.24. The topological polar surface area (TPSA) is 24.1 Å². The van der Waals surface area contributed by atoms with Crippen molar-refractivity contribution in [2.75, 3.05) is 0 Å². The van der Waals surface area contributed by atoms with E-state index in [0.717, 1.165) is 12.8 Å². The molecule has 0 radical (unpaired) electrons. The smallest absolute Gasteiger partial charge is 0.106 e. The van der Waals surface area contributed by atoms with E-state index in [0.29, 0.717) is 0 Å². The minimum atomic E-state index is 0.104. The number of fused-ring (bicyclic) bond motifs is 1. The molecule has 82 valence electrons. The summed E-state index contributed by atoms with van der Waals surface area (Å²) in [6.45, 7) is 4.03. The van der Waals surface area contributed by atoms with Crippen LogP contribution in [0.15, 0.2) is 49.3 Å². The maximum absolute atomic E-state index is 4.03. The molecular formula is C14H16N2. The van der Waals surface area contributed by atoms with E-state index in [1.807, 2.05) is 12.4 Å². The molecule has 0 fully saturated rings. The summed E-state index contributed by atoms with van der Waals surface area (Å²) in [6.07, 6.45) is 8.46. The van der Waals surface area contributed by atoms with E-state index >= 15 is 0 Å². The van der Waals surface area contributed by atoms with Gasteiger partial charge in [0.05, 0.1) is 0 Å². The average Bonchev–Trinajstić information content (AvgIpc) is 2.96. The van der Waals surface area contributed by atoms with E-state index < -0.39 is 0 Å². The first-order valence-electron chi connectivity index (χ1n) is 5.72. The Kier molecular flexibility index (Phi) is 2.03. The van der Waals surface area contributed by atoms with Crippen molar-refractivity contribution in [3.8, 4) is 0 Å². The lowest BCUT2D eigenvalue weighted by Gasteiger charge is -2.32. The quantitative estimate of drug-likeness (QED) is 0.732. The third kappa shape index (κ3) is 1.26. The fourth-order valence-electron chi connectivity index (χ4n) is 2.81. The monoisotopic (exact) mass is 212 g/mol. The Morgan fingerprint density at radius 2 is 1.69 bits per heavy atom. The van der Waals surface area contributed by atoms with Crippen LogP contribution in [0.1, 0.15) is 11.1 Å². The molecule has 1 aliphatic heterocycles. The molecule has 2 nitrogen and oxygen atoms in total. The number of benzene rings is 1. The Bertz CT molecular complexity index is 415. The zero-order valence-corrected chi connectivity index (χ0v) is 9.24. The minimum absolute atomic E-state index is 0.104. The summed E-state index contributed by atoms with van der Waals surface area (Å²) in [5, 5.41) is 6.72. The Morgan fingerprint density at radius 3 is 2.19 bits per heavy atom. The zero-order chi connectivity index (χ0) is 11.0. The van der Waals surface area contributed by atoms with Crippen molar-refractivity contribution in [3.05, 3.63) is 60.4 Å². The van der Waals surface area contributed by atoms with Crippen LogP contribution in [0.25, 0.3) is 0 Å². The summed E-state index contributed by atoms with van der Waals surface area (Å²) in [5.41, 5.74) is 3.02. The van der Waals surface area contributed by atoms with Crippen molar-refractivity contribution in [1.82, 2.24) is 10.6 Å². The molecule has 1 heterocycles. The fourth-order valence-corrected chi connectivity index (χ4v) is 2.81. The van der Waals surface area contributed by atoms with Gasteiger partial charge in [-0.05, 0) is 24.0 Å². The summed E-state index contributed by atoms with van der Waals surface area (Å²) < 4.78 is 0. The summed E-state index contributed by atoms with van der Waals surface area (Å²) in [5.74, 6) is 0. The number of rotatable bonds is 2. The van der Waals surface area contributed by atoms with Crippen molar-refractivity contribution >= 4 is 0 Å². The fraction of sp³-hybridized carbons (Fsp3) is 0.286. The lowest BCUT2D eigenvalue weighted by molar-refractivity contribution is 0.277. The molecule has 1 aromatic carbocycles. The second-order valence-corrected chi connectivity index (χ2v) is 4.66. The molecular weight excluding hydrogens is 196 g/mol. The first kappa shape index (κ1) is 9.52. The molecule has 2 heteroatoms. The molecule has 0 bridgehead atoms. The molecule has 0 amide bonds. The van der Waals surface area contributed by atoms with E-state index in [1.165, 1.54) is 11.1 Å². The van der Waals surface area contributed by atoms with Gasteiger partial charge in [0, 0.05) is 17.8 Å². The minimum Gasteiger partial charge on any atom is -0.369 e. The van der Waals surface area contributed by atoms with Crippen LogP contribution in [-0.2, 0) is 12.8 Å². The van der Waals surface area contributed by atoms with Gasteiger partial charge in [0.25, 0.3) is 0 Å². The highest BCUT2D eigenvalue weighted by atomic mass is 15.2. The number of nitrogens with one attached hydrogen (secondary N) is 2. The lowest BCUT2D eigenvalue weighted by atomic mass is 9.81. The van der Waals surface area contributed by atoms with Crippen LogP contribution in [0.5, 0.6) is 0 Å².